The second-order valence-corrected chi connectivity index (χ2v) is 5.75. The van der Waals surface area contributed by atoms with Gasteiger partial charge in [-0.25, -0.2) is 0 Å². The molecule has 0 unspecified atom stereocenters. The van der Waals surface area contributed by atoms with Crippen molar-refractivity contribution in [1.29, 1.82) is 0 Å². The first kappa shape index (κ1) is 15.5. The monoisotopic (exact) mass is 254 g/mol. The minimum Gasteiger partial charge on any atom is -0.466 e. The molecule has 0 aromatic rings. The Morgan fingerprint density at radius 3 is 1.89 bits per heavy atom. The molecule has 0 aromatic carbocycles. The van der Waals surface area contributed by atoms with Crippen molar-refractivity contribution in [2.75, 3.05) is 6.61 Å². The van der Waals surface area contributed by atoms with E-state index in [1.165, 1.54) is 77.6 Å². The highest BCUT2D eigenvalue weighted by Crippen LogP contribution is 2.34. The number of carbonyl (C=O) groups excluding carboxylic acids is 1. The molecular weight excluding hydrogens is 224 g/mol. The number of rotatable bonds is 12. The zero-order valence-electron chi connectivity index (χ0n) is 12.1. The molecule has 106 valence electrons. The molecule has 0 saturated heterocycles. The molecule has 1 aliphatic carbocycles. The number of hydrogen-bond acceptors (Lipinski definition) is 2. The Bertz CT molecular complexity index is 209. The minimum absolute atomic E-state index is 0.152. The van der Waals surface area contributed by atoms with E-state index in [9.17, 15) is 4.79 Å². The van der Waals surface area contributed by atoms with Gasteiger partial charge in [-0.15, -0.1) is 0 Å². The van der Waals surface area contributed by atoms with Crippen LogP contribution >= 0.6 is 0 Å². The highest BCUT2D eigenvalue weighted by atomic mass is 16.5. The van der Waals surface area contributed by atoms with Crippen LogP contribution in [-0.2, 0) is 9.53 Å². The third-order valence-electron chi connectivity index (χ3n) is 3.76. The minimum atomic E-state index is -0.152. The van der Waals surface area contributed by atoms with Gasteiger partial charge in [0.1, 0.15) is 0 Å². The van der Waals surface area contributed by atoms with E-state index in [1.54, 1.807) is 0 Å². The van der Waals surface area contributed by atoms with Crippen LogP contribution in [0.15, 0.2) is 0 Å². The maximum atomic E-state index is 10.5. The van der Waals surface area contributed by atoms with Gasteiger partial charge in [-0.05, 0) is 12.3 Å². The van der Waals surface area contributed by atoms with Gasteiger partial charge in [0, 0.05) is 6.92 Å². The van der Waals surface area contributed by atoms with Gasteiger partial charge in [0.25, 0.3) is 0 Å². The molecule has 0 spiro atoms. The number of ether oxygens (including phenoxy) is 1. The first-order valence-electron chi connectivity index (χ1n) is 7.92. The molecule has 0 atom stereocenters. The maximum Gasteiger partial charge on any atom is 0.302 e. The van der Waals surface area contributed by atoms with Crippen LogP contribution in [0.3, 0.4) is 0 Å². The number of esters is 1. The molecule has 1 rings (SSSR count). The summed E-state index contributed by atoms with van der Waals surface area (Å²) in [5.41, 5.74) is 0. The molecular formula is C16H30O2. The Morgan fingerprint density at radius 1 is 0.889 bits per heavy atom. The Kier molecular flexibility index (Phi) is 8.97. The number of carbonyl (C=O) groups is 1. The van der Waals surface area contributed by atoms with E-state index in [-0.39, 0.29) is 5.97 Å². The Hall–Kier alpha value is -0.530. The molecule has 0 bridgehead atoms. The molecule has 2 nitrogen and oxygen atoms in total. The van der Waals surface area contributed by atoms with Crippen molar-refractivity contribution < 1.29 is 9.53 Å². The van der Waals surface area contributed by atoms with Crippen molar-refractivity contribution in [2.45, 2.75) is 84.0 Å². The van der Waals surface area contributed by atoms with Gasteiger partial charge in [0.2, 0.25) is 0 Å². The molecule has 1 saturated carbocycles. The van der Waals surface area contributed by atoms with E-state index in [2.05, 4.69) is 0 Å². The highest BCUT2D eigenvalue weighted by molar-refractivity contribution is 5.65. The number of unbranched alkanes of at least 4 members (excludes halogenated alkanes) is 8. The molecule has 18 heavy (non-hydrogen) atoms. The molecule has 0 heterocycles. The van der Waals surface area contributed by atoms with E-state index >= 15 is 0 Å². The average molecular weight is 254 g/mol. The highest BCUT2D eigenvalue weighted by Gasteiger charge is 2.19. The van der Waals surface area contributed by atoms with Gasteiger partial charge in [-0.2, -0.15) is 0 Å². The van der Waals surface area contributed by atoms with Crippen LogP contribution in [0.2, 0.25) is 0 Å². The van der Waals surface area contributed by atoms with Crippen LogP contribution in [-0.4, -0.2) is 12.6 Å². The predicted molar refractivity (Wildman–Crippen MR) is 75.5 cm³/mol. The van der Waals surface area contributed by atoms with Crippen LogP contribution in [0.4, 0.5) is 0 Å². The molecule has 0 amide bonds. The van der Waals surface area contributed by atoms with Crippen molar-refractivity contribution >= 4 is 5.97 Å². The summed E-state index contributed by atoms with van der Waals surface area (Å²) in [6.45, 7) is 2.08. The fraction of sp³-hybridized carbons (Fsp3) is 0.938. The summed E-state index contributed by atoms with van der Waals surface area (Å²) < 4.78 is 4.90. The second kappa shape index (κ2) is 10.4. The molecule has 1 aliphatic rings. The molecule has 0 N–H and O–H groups in total. The summed E-state index contributed by atoms with van der Waals surface area (Å²) in [7, 11) is 0. The van der Waals surface area contributed by atoms with E-state index in [0.717, 1.165) is 12.3 Å². The van der Waals surface area contributed by atoms with Crippen molar-refractivity contribution in [1.82, 2.24) is 0 Å². The molecule has 2 heteroatoms. The summed E-state index contributed by atoms with van der Waals surface area (Å²) in [6, 6.07) is 0. The quantitative estimate of drug-likeness (QED) is 0.367. The fourth-order valence-electron chi connectivity index (χ4n) is 2.39. The predicted octanol–water partition coefficient (Wildman–Crippen LogP) is 4.86. The normalized spacial score (nSPS) is 14.7. The van der Waals surface area contributed by atoms with Crippen LogP contribution < -0.4 is 0 Å². The summed E-state index contributed by atoms with van der Waals surface area (Å²) in [5.74, 6) is 0.961. The van der Waals surface area contributed by atoms with Crippen molar-refractivity contribution in [3.8, 4) is 0 Å². The smallest absolute Gasteiger partial charge is 0.302 e. The Balaban J connectivity index is 1.64. The van der Waals surface area contributed by atoms with Crippen LogP contribution in [0, 0.1) is 5.92 Å². The van der Waals surface area contributed by atoms with Gasteiger partial charge in [-0.3, -0.25) is 4.79 Å². The SMILES string of the molecule is CC(=O)OCCCCCCCCCCCC1CC1. The van der Waals surface area contributed by atoms with Crippen molar-refractivity contribution in [3.63, 3.8) is 0 Å². The summed E-state index contributed by atoms with van der Waals surface area (Å²) in [5, 5.41) is 0. The Morgan fingerprint density at radius 2 is 1.39 bits per heavy atom. The topological polar surface area (TPSA) is 26.3 Å². The third-order valence-corrected chi connectivity index (χ3v) is 3.76. The van der Waals surface area contributed by atoms with E-state index in [1.807, 2.05) is 0 Å². The van der Waals surface area contributed by atoms with E-state index in [4.69, 9.17) is 4.74 Å². The zero-order chi connectivity index (χ0) is 13.1. The summed E-state index contributed by atoms with van der Waals surface area (Å²) >= 11 is 0. The molecule has 1 fully saturated rings. The van der Waals surface area contributed by atoms with Gasteiger partial charge in [-0.1, -0.05) is 70.6 Å². The lowest BCUT2D eigenvalue weighted by molar-refractivity contribution is -0.141. The standard InChI is InChI=1S/C16H30O2/c1-15(17)18-14-10-8-6-4-2-3-5-7-9-11-16-12-13-16/h16H,2-14H2,1H3. The van der Waals surface area contributed by atoms with Gasteiger partial charge in [0.05, 0.1) is 6.61 Å². The second-order valence-electron chi connectivity index (χ2n) is 5.75. The fourth-order valence-corrected chi connectivity index (χ4v) is 2.39. The molecule has 0 aliphatic heterocycles. The third kappa shape index (κ3) is 10.6. The van der Waals surface area contributed by atoms with Crippen LogP contribution in [0.5, 0.6) is 0 Å². The van der Waals surface area contributed by atoms with E-state index < -0.39 is 0 Å². The van der Waals surface area contributed by atoms with Gasteiger partial charge < -0.3 is 4.74 Å². The largest absolute Gasteiger partial charge is 0.466 e. The summed E-state index contributed by atoms with van der Waals surface area (Å²) in [4.78, 5) is 10.5. The molecule has 0 radical (unpaired) electrons. The number of hydrogen-bond donors (Lipinski definition) is 0. The Labute approximate surface area is 112 Å². The lowest BCUT2D eigenvalue weighted by Gasteiger charge is -2.03. The maximum absolute atomic E-state index is 10.5. The van der Waals surface area contributed by atoms with Crippen molar-refractivity contribution in [3.05, 3.63) is 0 Å². The van der Waals surface area contributed by atoms with Crippen molar-refractivity contribution in [2.24, 2.45) is 5.92 Å². The van der Waals surface area contributed by atoms with Gasteiger partial charge >= 0.3 is 5.97 Å². The first-order chi connectivity index (χ1) is 8.79. The average Bonchev–Trinajstić information content (AvgIpc) is 3.14. The lowest BCUT2D eigenvalue weighted by atomic mass is 10.1. The van der Waals surface area contributed by atoms with Gasteiger partial charge in [0.15, 0.2) is 0 Å². The molecule has 0 aromatic heterocycles. The summed E-state index contributed by atoms with van der Waals surface area (Å²) in [6.07, 6.45) is 16.5. The zero-order valence-corrected chi connectivity index (χ0v) is 12.1. The first-order valence-corrected chi connectivity index (χ1v) is 7.92. The lowest BCUT2D eigenvalue weighted by Crippen LogP contribution is -2.00. The van der Waals surface area contributed by atoms with Crippen LogP contribution in [0.25, 0.3) is 0 Å². The van der Waals surface area contributed by atoms with Crippen LogP contribution in [0.1, 0.15) is 84.0 Å². The van der Waals surface area contributed by atoms with E-state index in [0.29, 0.717) is 6.61 Å².